The van der Waals surface area contributed by atoms with E-state index in [1.54, 1.807) is 0 Å². The van der Waals surface area contributed by atoms with Gasteiger partial charge >= 0.3 is 0 Å². The van der Waals surface area contributed by atoms with Crippen molar-refractivity contribution in [1.29, 1.82) is 0 Å². The van der Waals surface area contributed by atoms with Crippen molar-refractivity contribution < 1.29 is 9.72 Å². The molecule has 1 heterocycles. The summed E-state index contributed by atoms with van der Waals surface area (Å²) in [5.41, 5.74) is 0.877. The maximum Gasteiger partial charge on any atom is 0.295 e. The lowest BCUT2D eigenvalue weighted by atomic mass is 10.1. The Balaban J connectivity index is 1.48. The van der Waals surface area contributed by atoms with Gasteiger partial charge in [-0.05, 0) is 49.2 Å². The SMILES string of the molecule is O=C(Nc1ccc(SC2CCCC2)cc1)c1ccc(-n2cncn2)c([N+](=O)[O-])c1. The molecule has 29 heavy (non-hydrogen) atoms. The molecule has 1 fully saturated rings. The number of thioether (sulfide) groups is 1. The van der Waals surface area contributed by atoms with Crippen LogP contribution in [-0.4, -0.2) is 30.8 Å². The van der Waals surface area contributed by atoms with Crippen molar-refractivity contribution in [2.75, 3.05) is 5.32 Å². The van der Waals surface area contributed by atoms with Gasteiger partial charge in [0.2, 0.25) is 0 Å². The third-order valence-corrected chi connectivity index (χ3v) is 6.17. The molecular weight excluding hydrogens is 390 g/mol. The van der Waals surface area contributed by atoms with Crippen LogP contribution in [0.3, 0.4) is 0 Å². The van der Waals surface area contributed by atoms with E-state index in [0.717, 1.165) is 0 Å². The average molecular weight is 409 g/mol. The number of hydrogen-bond acceptors (Lipinski definition) is 6. The van der Waals surface area contributed by atoms with Gasteiger partial charge in [-0.1, -0.05) is 12.8 Å². The van der Waals surface area contributed by atoms with Crippen LogP contribution in [0.1, 0.15) is 36.0 Å². The lowest BCUT2D eigenvalue weighted by Gasteiger charge is -2.10. The quantitative estimate of drug-likeness (QED) is 0.476. The number of anilines is 1. The molecule has 0 bridgehead atoms. The second kappa shape index (κ2) is 8.44. The molecule has 9 heteroatoms. The normalized spacial score (nSPS) is 14.1. The fourth-order valence-corrected chi connectivity index (χ4v) is 4.60. The molecule has 1 saturated carbocycles. The van der Waals surface area contributed by atoms with Gasteiger partial charge in [0.1, 0.15) is 18.3 Å². The fourth-order valence-electron chi connectivity index (χ4n) is 3.36. The van der Waals surface area contributed by atoms with E-state index in [1.165, 1.54) is 66.1 Å². The Morgan fingerprint density at radius 2 is 1.93 bits per heavy atom. The summed E-state index contributed by atoms with van der Waals surface area (Å²) in [6.07, 6.45) is 7.77. The minimum atomic E-state index is -0.539. The molecule has 8 nitrogen and oxygen atoms in total. The van der Waals surface area contributed by atoms with Gasteiger partial charge in [0.25, 0.3) is 11.6 Å². The second-order valence-electron chi connectivity index (χ2n) is 6.80. The number of amides is 1. The molecule has 0 unspecified atom stereocenters. The van der Waals surface area contributed by atoms with Crippen LogP contribution in [0.4, 0.5) is 11.4 Å². The molecule has 3 aromatic rings. The van der Waals surface area contributed by atoms with Crippen molar-refractivity contribution in [2.24, 2.45) is 0 Å². The summed E-state index contributed by atoms with van der Waals surface area (Å²) in [7, 11) is 0. The van der Waals surface area contributed by atoms with E-state index in [2.05, 4.69) is 15.4 Å². The molecule has 1 aromatic heterocycles. The van der Waals surface area contributed by atoms with Crippen LogP contribution in [0.25, 0.3) is 5.69 Å². The number of nitrogens with one attached hydrogen (secondary N) is 1. The molecule has 1 aliphatic carbocycles. The molecule has 2 aromatic carbocycles. The zero-order valence-corrected chi connectivity index (χ0v) is 16.3. The minimum Gasteiger partial charge on any atom is -0.322 e. The van der Waals surface area contributed by atoms with Crippen LogP contribution < -0.4 is 5.32 Å². The van der Waals surface area contributed by atoms with Gasteiger partial charge in [0.15, 0.2) is 0 Å². The molecule has 1 amide bonds. The van der Waals surface area contributed by atoms with E-state index in [1.807, 2.05) is 36.0 Å². The molecule has 148 valence electrons. The summed E-state index contributed by atoms with van der Waals surface area (Å²) in [6.45, 7) is 0. The van der Waals surface area contributed by atoms with Crippen LogP contribution in [0.2, 0.25) is 0 Å². The van der Waals surface area contributed by atoms with Crippen LogP contribution >= 0.6 is 11.8 Å². The molecular formula is C20H19N5O3S. The highest BCUT2D eigenvalue weighted by Gasteiger charge is 2.20. The number of hydrogen-bond donors (Lipinski definition) is 1. The van der Waals surface area contributed by atoms with E-state index in [4.69, 9.17) is 0 Å². The molecule has 0 aliphatic heterocycles. The first-order chi connectivity index (χ1) is 14.1. The zero-order valence-electron chi connectivity index (χ0n) is 15.5. The standard InChI is InChI=1S/C20H19N5O3S/c26-20(23-15-6-8-17(9-7-15)29-16-3-1-2-4-16)14-5-10-18(19(11-14)25(27)28)24-13-21-12-22-24/h5-13,16H,1-4H2,(H,23,26). The van der Waals surface area contributed by atoms with E-state index in [9.17, 15) is 14.9 Å². The van der Waals surface area contributed by atoms with Gasteiger partial charge in [-0.2, -0.15) is 5.10 Å². The van der Waals surface area contributed by atoms with Crippen LogP contribution in [0, 0.1) is 10.1 Å². The van der Waals surface area contributed by atoms with Gasteiger partial charge in [-0.3, -0.25) is 14.9 Å². The summed E-state index contributed by atoms with van der Waals surface area (Å²) in [5, 5.41) is 18.8. The molecule has 0 atom stereocenters. The number of benzene rings is 2. The summed E-state index contributed by atoms with van der Waals surface area (Å²) >= 11 is 1.88. The number of nitro benzene ring substituents is 1. The summed E-state index contributed by atoms with van der Waals surface area (Å²) < 4.78 is 1.29. The number of nitrogens with zero attached hydrogens (tertiary/aromatic N) is 4. The Morgan fingerprint density at radius 1 is 1.17 bits per heavy atom. The Kier molecular flexibility index (Phi) is 5.57. The molecule has 0 saturated heterocycles. The topological polar surface area (TPSA) is 103 Å². The summed E-state index contributed by atoms with van der Waals surface area (Å²) in [4.78, 5) is 28.5. The first-order valence-corrected chi connectivity index (χ1v) is 10.2. The smallest absolute Gasteiger partial charge is 0.295 e. The Hall–Kier alpha value is -3.20. The van der Waals surface area contributed by atoms with Crippen molar-refractivity contribution in [3.05, 3.63) is 70.8 Å². The van der Waals surface area contributed by atoms with Gasteiger partial charge in [0, 0.05) is 27.5 Å². The highest BCUT2D eigenvalue weighted by molar-refractivity contribution is 8.00. The first kappa shape index (κ1) is 19.1. The van der Waals surface area contributed by atoms with E-state index in [-0.39, 0.29) is 16.9 Å². The molecule has 1 aliphatic rings. The third kappa shape index (κ3) is 4.45. The lowest BCUT2D eigenvalue weighted by molar-refractivity contribution is -0.384. The molecule has 0 radical (unpaired) electrons. The van der Waals surface area contributed by atoms with E-state index >= 15 is 0 Å². The van der Waals surface area contributed by atoms with Crippen molar-refractivity contribution in [3.63, 3.8) is 0 Å². The van der Waals surface area contributed by atoms with E-state index < -0.39 is 10.8 Å². The first-order valence-electron chi connectivity index (χ1n) is 9.32. The second-order valence-corrected chi connectivity index (χ2v) is 8.18. The van der Waals surface area contributed by atoms with Gasteiger partial charge in [-0.15, -0.1) is 11.8 Å². The average Bonchev–Trinajstić information content (AvgIpc) is 3.43. The highest BCUT2D eigenvalue weighted by atomic mass is 32.2. The number of rotatable bonds is 6. The summed E-state index contributed by atoms with van der Waals surface area (Å²) in [6, 6.07) is 12.0. The maximum atomic E-state index is 12.6. The lowest BCUT2D eigenvalue weighted by Crippen LogP contribution is -2.13. The van der Waals surface area contributed by atoms with Crippen molar-refractivity contribution in [3.8, 4) is 5.69 Å². The number of carbonyl (C=O) groups excluding carboxylic acids is 1. The predicted octanol–water partition coefficient (Wildman–Crippen LogP) is 4.46. The van der Waals surface area contributed by atoms with Crippen molar-refractivity contribution in [2.45, 2.75) is 35.8 Å². The zero-order chi connectivity index (χ0) is 20.2. The Labute approximate surface area is 171 Å². The fraction of sp³-hybridized carbons (Fsp3) is 0.250. The van der Waals surface area contributed by atoms with Crippen LogP contribution in [0.15, 0.2) is 60.0 Å². The number of aromatic nitrogens is 3. The number of carbonyl (C=O) groups is 1. The maximum absolute atomic E-state index is 12.6. The highest BCUT2D eigenvalue weighted by Crippen LogP contribution is 2.35. The van der Waals surface area contributed by atoms with Crippen molar-refractivity contribution >= 4 is 29.0 Å². The van der Waals surface area contributed by atoms with E-state index in [0.29, 0.717) is 10.9 Å². The number of nitro groups is 1. The predicted molar refractivity (Wildman–Crippen MR) is 111 cm³/mol. The molecule has 0 spiro atoms. The Morgan fingerprint density at radius 3 is 2.59 bits per heavy atom. The molecule has 4 rings (SSSR count). The van der Waals surface area contributed by atoms with Gasteiger partial charge < -0.3 is 5.32 Å². The Bertz CT molecular complexity index is 1020. The van der Waals surface area contributed by atoms with Crippen LogP contribution in [-0.2, 0) is 0 Å². The third-order valence-electron chi connectivity index (χ3n) is 4.82. The minimum absolute atomic E-state index is 0.199. The molecule has 1 N–H and O–H groups in total. The van der Waals surface area contributed by atoms with Crippen molar-refractivity contribution in [1.82, 2.24) is 14.8 Å². The summed E-state index contributed by atoms with van der Waals surface area (Å²) in [5.74, 6) is -0.408. The van der Waals surface area contributed by atoms with Gasteiger partial charge in [0.05, 0.1) is 4.92 Å². The van der Waals surface area contributed by atoms with Crippen LogP contribution in [0.5, 0.6) is 0 Å². The largest absolute Gasteiger partial charge is 0.322 e. The monoisotopic (exact) mass is 409 g/mol. The van der Waals surface area contributed by atoms with Gasteiger partial charge in [-0.25, -0.2) is 9.67 Å².